The lowest BCUT2D eigenvalue weighted by atomic mass is 10.2. The van der Waals surface area contributed by atoms with Crippen molar-refractivity contribution in [1.29, 1.82) is 0 Å². The van der Waals surface area contributed by atoms with Crippen molar-refractivity contribution in [1.82, 2.24) is 15.3 Å². The maximum atomic E-state index is 12.1. The van der Waals surface area contributed by atoms with Gasteiger partial charge in [0, 0.05) is 11.9 Å². The molecule has 0 unspecified atom stereocenters. The normalized spacial score (nSPS) is 10.3. The van der Waals surface area contributed by atoms with Gasteiger partial charge in [-0.1, -0.05) is 18.2 Å². The number of amides is 1. The summed E-state index contributed by atoms with van der Waals surface area (Å²) in [6.07, 6.45) is 3.12. The van der Waals surface area contributed by atoms with Crippen LogP contribution in [0.5, 0.6) is 0 Å². The topological polar surface area (TPSA) is 80.0 Å². The van der Waals surface area contributed by atoms with Gasteiger partial charge < -0.3 is 15.1 Å². The van der Waals surface area contributed by atoms with Crippen LogP contribution in [0.2, 0.25) is 0 Å². The van der Waals surface area contributed by atoms with Gasteiger partial charge in [-0.25, -0.2) is 9.97 Å². The first-order chi connectivity index (χ1) is 11.2. The van der Waals surface area contributed by atoms with Crippen LogP contribution in [0.1, 0.15) is 21.8 Å². The standard InChI is InChI=1S/C17H16N4O2/c1-12-5-2-3-7-14(12)20-17-18-9-8-15(21-17)16(22)19-11-13-6-4-10-23-13/h2-10H,11H2,1H3,(H,19,22)(H,18,20,21). The SMILES string of the molecule is Cc1ccccc1Nc1nccc(C(=O)NCc2ccco2)n1. The largest absolute Gasteiger partial charge is 0.467 e. The van der Waals surface area contributed by atoms with Crippen LogP contribution in [0.4, 0.5) is 11.6 Å². The number of para-hydroxylation sites is 1. The van der Waals surface area contributed by atoms with E-state index in [0.717, 1.165) is 11.3 Å². The van der Waals surface area contributed by atoms with Crippen LogP contribution in [-0.2, 0) is 6.54 Å². The number of furan rings is 1. The zero-order valence-electron chi connectivity index (χ0n) is 12.6. The maximum Gasteiger partial charge on any atom is 0.270 e. The molecule has 2 aromatic heterocycles. The molecule has 0 saturated carbocycles. The number of hydrogen-bond acceptors (Lipinski definition) is 5. The number of carbonyl (C=O) groups is 1. The van der Waals surface area contributed by atoms with Crippen molar-refractivity contribution in [3.63, 3.8) is 0 Å². The Morgan fingerprint density at radius 2 is 2.04 bits per heavy atom. The molecule has 0 bridgehead atoms. The van der Waals surface area contributed by atoms with Gasteiger partial charge in [0.15, 0.2) is 0 Å². The van der Waals surface area contributed by atoms with E-state index in [0.29, 0.717) is 23.9 Å². The monoisotopic (exact) mass is 308 g/mol. The van der Waals surface area contributed by atoms with Gasteiger partial charge in [0.1, 0.15) is 11.5 Å². The van der Waals surface area contributed by atoms with Crippen molar-refractivity contribution in [2.75, 3.05) is 5.32 Å². The zero-order valence-corrected chi connectivity index (χ0v) is 12.6. The van der Waals surface area contributed by atoms with E-state index in [1.165, 1.54) is 0 Å². The summed E-state index contributed by atoms with van der Waals surface area (Å²) >= 11 is 0. The molecule has 0 aliphatic carbocycles. The highest BCUT2D eigenvalue weighted by molar-refractivity contribution is 5.92. The van der Waals surface area contributed by atoms with Gasteiger partial charge in [-0.15, -0.1) is 0 Å². The Kier molecular flexibility index (Phi) is 4.33. The molecule has 0 saturated heterocycles. The summed E-state index contributed by atoms with van der Waals surface area (Å²) in [4.78, 5) is 20.5. The van der Waals surface area contributed by atoms with Crippen LogP contribution in [0, 0.1) is 6.92 Å². The second-order valence-electron chi connectivity index (χ2n) is 4.97. The Bertz CT molecular complexity index is 800. The highest BCUT2D eigenvalue weighted by Gasteiger charge is 2.10. The van der Waals surface area contributed by atoms with E-state index in [1.807, 2.05) is 31.2 Å². The van der Waals surface area contributed by atoms with E-state index >= 15 is 0 Å². The third-order valence-electron chi connectivity index (χ3n) is 3.28. The molecule has 23 heavy (non-hydrogen) atoms. The number of aromatic nitrogens is 2. The van der Waals surface area contributed by atoms with Crippen molar-refractivity contribution in [3.05, 3.63) is 71.9 Å². The molecule has 2 heterocycles. The van der Waals surface area contributed by atoms with Crippen molar-refractivity contribution < 1.29 is 9.21 Å². The van der Waals surface area contributed by atoms with Gasteiger partial charge in [0.05, 0.1) is 12.8 Å². The molecular weight excluding hydrogens is 292 g/mol. The molecule has 3 rings (SSSR count). The minimum Gasteiger partial charge on any atom is -0.467 e. The Hall–Kier alpha value is -3.15. The number of aryl methyl sites for hydroxylation is 1. The first-order valence-electron chi connectivity index (χ1n) is 7.18. The van der Waals surface area contributed by atoms with E-state index in [4.69, 9.17) is 4.42 Å². The lowest BCUT2D eigenvalue weighted by Gasteiger charge is -2.08. The third-order valence-corrected chi connectivity index (χ3v) is 3.28. The van der Waals surface area contributed by atoms with Gasteiger partial charge >= 0.3 is 0 Å². The fourth-order valence-electron chi connectivity index (χ4n) is 2.05. The average molecular weight is 308 g/mol. The van der Waals surface area contributed by atoms with Crippen LogP contribution in [-0.4, -0.2) is 15.9 Å². The second-order valence-corrected chi connectivity index (χ2v) is 4.97. The number of anilines is 2. The smallest absolute Gasteiger partial charge is 0.270 e. The Morgan fingerprint density at radius 3 is 2.83 bits per heavy atom. The number of benzene rings is 1. The van der Waals surface area contributed by atoms with Crippen molar-refractivity contribution in [2.45, 2.75) is 13.5 Å². The quantitative estimate of drug-likeness (QED) is 0.757. The van der Waals surface area contributed by atoms with E-state index in [-0.39, 0.29) is 5.91 Å². The van der Waals surface area contributed by atoms with Crippen molar-refractivity contribution in [3.8, 4) is 0 Å². The van der Waals surface area contributed by atoms with E-state index in [1.54, 1.807) is 30.7 Å². The molecule has 1 amide bonds. The molecule has 1 aromatic carbocycles. The molecule has 6 heteroatoms. The fraction of sp³-hybridized carbons (Fsp3) is 0.118. The minimum absolute atomic E-state index is 0.281. The highest BCUT2D eigenvalue weighted by atomic mass is 16.3. The lowest BCUT2D eigenvalue weighted by Crippen LogP contribution is -2.24. The zero-order chi connectivity index (χ0) is 16.1. The number of rotatable bonds is 5. The Labute approximate surface area is 133 Å². The third kappa shape index (κ3) is 3.74. The minimum atomic E-state index is -0.281. The number of carbonyl (C=O) groups excluding carboxylic acids is 1. The van der Waals surface area contributed by atoms with Gasteiger partial charge in [0.2, 0.25) is 5.95 Å². The molecule has 0 spiro atoms. The highest BCUT2D eigenvalue weighted by Crippen LogP contribution is 2.17. The van der Waals surface area contributed by atoms with E-state index < -0.39 is 0 Å². The number of nitrogens with one attached hydrogen (secondary N) is 2. The van der Waals surface area contributed by atoms with Crippen LogP contribution in [0.15, 0.2) is 59.3 Å². The first-order valence-corrected chi connectivity index (χ1v) is 7.18. The van der Waals surface area contributed by atoms with Gasteiger partial charge in [-0.3, -0.25) is 4.79 Å². The number of hydrogen-bond donors (Lipinski definition) is 2. The summed E-state index contributed by atoms with van der Waals surface area (Å²) in [7, 11) is 0. The molecule has 0 fully saturated rings. The fourth-order valence-corrected chi connectivity index (χ4v) is 2.05. The number of nitrogens with zero attached hydrogens (tertiary/aromatic N) is 2. The van der Waals surface area contributed by atoms with Gasteiger partial charge in [0.25, 0.3) is 5.91 Å². The van der Waals surface area contributed by atoms with E-state index in [2.05, 4.69) is 20.6 Å². The molecule has 6 nitrogen and oxygen atoms in total. The molecule has 0 aliphatic heterocycles. The predicted octanol–water partition coefficient (Wildman–Crippen LogP) is 3.05. The molecule has 2 N–H and O–H groups in total. The predicted molar refractivity (Wildman–Crippen MR) is 86.4 cm³/mol. The maximum absolute atomic E-state index is 12.1. The molecule has 116 valence electrons. The molecule has 3 aromatic rings. The summed E-state index contributed by atoms with van der Waals surface area (Å²) in [5.41, 5.74) is 2.27. The Morgan fingerprint density at radius 1 is 1.17 bits per heavy atom. The van der Waals surface area contributed by atoms with Crippen LogP contribution >= 0.6 is 0 Å². The molecule has 0 aliphatic rings. The van der Waals surface area contributed by atoms with Crippen molar-refractivity contribution >= 4 is 17.5 Å². The summed E-state index contributed by atoms with van der Waals surface area (Å²) in [6.45, 7) is 2.30. The summed E-state index contributed by atoms with van der Waals surface area (Å²) in [5, 5.41) is 5.87. The van der Waals surface area contributed by atoms with Crippen LogP contribution < -0.4 is 10.6 Å². The average Bonchev–Trinajstić information content (AvgIpc) is 3.08. The summed E-state index contributed by atoms with van der Waals surface area (Å²) in [5.74, 6) is 0.784. The van der Waals surface area contributed by atoms with Crippen molar-refractivity contribution in [2.24, 2.45) is 0 Å². The summed E-state index contributed by atoms with van der Waals surface area (Å²) in [6, 6.07) is 12.9. The first kappa shape index (κ1) is 14.8. The van der Waals surface area contributed by atoms with Gasteiger partial charge in [-0.2, -0.15) is 0 Å². The summed E-state index contributed by atoms with van der Waals surface area (Å²) < 4.78 is 5.18. The van der Waals surface area contributed by atoms with Crippen LogP contribution in [0.3, 0.4) is 0 Å². The molecule has 0 radical (unpaired) electrons. The lowest BCUT2D eigenvalue weighted by molar-refractivity contribution is 0.0943. The molecular formula is C17H16N4O2. The van der Waals surface area contributed by atoms with Gasteiger partial charge in [-0.05, 0) is 36.8 Å². The second kappa shape index (κ2) is 6.74. The van der Waals surface area contributed by atoms with Crippen LogP contribution in [0.25, 0.3) is 0 Å². The Balaban J connectivity index is 1.69. The van der Waals surface area contributed by atoms with E-state index in [9.17, 15) is 4.79 Å². The molecule has 0 atom stereocenters.